The first kappa shape index (κ1) is 9.00. The van der Waals surface area contributed by atoms with E-state index >= 15 is 0 Å². The zero-order valence-corrected chi connectivity index (χ0v) is 7.87. The lowest BCUT2D eigenvalue weighted by Gasteiger charge is -1.99. The van der Waals surface area contributed by atoms with Gasteiger partial charge in [-0.2, -0.15) is 0 Å². The lowest BCUT2D eigenvalue weighted by Crippen LogP contribution is -2.02. The molecule has 1 rings (SSSR count). The smallest absolute Gasteiger partial charge is 0.335 e. The summed E-state index contributed by atoms with van der Waals surface area (Å²) < 4.78 is 5.79. The Kier molecular flexibility index (Phi) is 3.05. The second-order valence-electron chi connectivity index (χ2n) is 2.08. The molecule has 0 spiro atoms. The Morgan fingerprint density at radius 3 is 2.50 bits per heavy atom. The van der Waals surface area contributed by atoms with Crippen LogP contribution in [0.4, 0.5) is 0 Å². The summed E-state index contributed by atoms with van der Waals surface area (Å²) in [4.78, 5) is 10.7. The molecular formula is C9H7BrO2. The molecule has 0 bridgehead atoms. The van der Waals surface area contributed by atoms with E-state index in [0.29, 0.717) is 5.75 Å². The van der Waals surface area contributed by atoms with Crippen molar-refractivity contribution in [1.29, 1.82) is 0 Å². The monoisotopic (exact) mass is 226 g/mol. The van der Waals surface area contributed by atoms with E-state index in [4.69, 9.17) is 4.74 Å². The number of carbonyl (C=O) groups is 1. The maximum Gasteiger partial charge on any atom is 0.335 e. The fourth-order valence-electron chi connectivity index (χ4n) is 0.660. The Hall–Kier alpha value is -1.09. The molecule has 0 unspecified atom stereocenters. The van der Waals surface area contributed by atoms with E-state index < -0.39 is 5.97 Å². The minimum atomic E-state index is -0.447. The fraction of sp³-hybridized carbons (Fsp3) is 0. The van der Waals surface area contributed by atoms with Crippen molar-refractivity contribution in [3.05, 3.63) is 41.4 Å². The van der Waals surface area contributed by atoms with Crippen LogP contribution in [0.5, 0.6) is 5.75 Å². The molecule has 0 fully saturated rings. The van der Waals surface area contributed by atoms with Crippen LogP contribution in [0.3, 0.4) is 0 Å². The highest BCUT2D eigenvalue weighted by atomic mass is 79.9. The van der Waals surface area contributed by atoms with Crippen LogP contribution < -0.4 is 4.74 Å². The Morgan fingerprint density at radius 2 is 2.00 bits per heavy atom. The Bertz CT molecular complexity index is 290. The van der Waals surface area contributed by atoms with Gasteiger partial charge >= 0.3 is 5.97 Å². The van der Waals surface area contributed by atoms with E-state index in [9.17, 15) is 4.79 Å². The fourth-order valence-corrected chi connectivity index (χ4v) is 0.925. The van der Waals surface area contributed by atoms with Gasteiger partial charge in [-0.15, -0.1) is 0 Å². The number of rotatable bonds is 2. The molecule has 12 heavy (non-hydrogen) atoms. The zero-order valence-electron chi connectivity index (χ0n) is 6.29. The summed E-state index contributed by atoms with van der Waals surface area (Å²) in [5, 5.41) is 0. The number of esters is 1. The number of benzene rings is 1. The highest BCUT2D eigenvalue weighted by molar-refractivity contribution is 9.10. The molecule has 1 aromatic carbocycles. The van der Waals surface area contributed by atoms with E-state index in [1.54, 1.807) is 24.3 Å². The van der Waals surface area contributed by atoms with Crippen molar-refractivity contribution in [3.63, 3.8) is 0 Å². The first-order chi connectivity index (χ1) is 5.72. The average molecular weight is 227 g/mol. The lowest BCUT2D eigenvalue weighted by atomic mass is 10.3. The summed E-state index contributed by atoms with van der Waals surface area (Å²) in [5.74, 6) is 0.0698. The van der Waals surface area contributed by atoms with Crippen molar-refractivity contribution in [2.24, 2.45) is 0 Å². The van der Waals surface area contributed by atoms with Gasteiger partial charge < -0.3 is 4.74 Å². The maximum atomic E-state index is 10.7. The first-order valence-corrected chi connectivity index (χ1v) is 4.11. The van der Waals surface area contributed by atoms with E-state index in [-0.39, 0.29) is 0 Å². The summed E-state index contributed by atoms with van der Waals surface area (Å²) in [5.41, 5.74) is 0. The van der Waals surface area contributed by atoms with Gasteiger partial charge in [0.25, 0.3) is 0 Å². The molecule has 0 amide bonds. The molecule has 0 saturated heterocycles. The van der Waals surface area contributed by atoms with Gasteiger partial charge in [0.1, 0.15) is 5.75 Å². The van der Waals surface area contributed by atoms with Crippen LogP contribution in [0.25, 0.3) is 0 Å². The topological polar surface area (TPSA) is 26.3 Å². The molecule has 0 aliphatic heterocycles. The summed E-state index contributed by atoms with van der Waals surface area (Å²) in [6.07, 6.45) is 1.13. The van der Waals surface area contributed by atoms with Gasteiger partial charge in [-0.3, -0.25) is 0 Å². The second kappa shape index (κ2) is 4.07. The maximum absolute atomic E-state index is 10.7. The largest absolute Gasteiger partial charge is 0.423 e. The van der Waals surface area contributed by atoms with Crippen molar-refractivity contribution in [3.8, 4) is 5.75 Å². The minimum absolute atomic E-state index is 0.447. The third kappa shape index (κ3) is 2.51. The van der Waals surface area contributed by atoms with Gasteiger partial charge in [0.2, 0.25) is 0 Å². The van der Waals surface area contributed by atoms with Crippen LogP contribution >= 0.6 is 15.9 Å². The number of hydrogen-bond donors (Lipinski definition) is 0. The molecule has 0 atom stereocenters. The number of ether oxygens (including phenoxy) is 1. The second-order valence-corrected chi connectivity index (χ2v) is 2.99. The van der Waals surface area contributed by atoms with E-state index in [2.05, 4.69) is 22.5 Å². The highest BCUT2D eigenvalue weighted by Crippen LogP contribution is 2.15. The number of halogens is 1. The van der Waals surface area contributed by atoms with Crippen molar-refractivity contribution in [2.75, 3.05) is 0 Å². The van der Waals surface area contributed by atoms with E-state index in [1.807, 2.05) is 0 Å². The molecule has 0 radical (unpaired) electrons. The van der Waals surface area contributed by atoms with Crippen LogP contribution in [0.15, 0.2) is 41.4 Å². The van der Waals surface area contributed by atoms with Gasteiger partial charge in [-0.1, -0.05) is 22.5 Å². The van der Waals surface area contributed by atoms with Crippen LogP contribution in [0.1, 0.15) is 0 Å². The lowest BCUT2D eigenvalue weighted by molar-refractivity contribution is -0.128. The SMILES string of the molecule is C=CC(=O)Oc1ccc(Br)cc1. The first-order valence-electron chi connectivity index (χ1n) is 3.32. The molecule has 0 N–H and O–H groups in total. The van der Waals surface area contributed by atoms with Crippen LogP contribution in [-0.2, 0) is 4.79 Å². The molecule has 3 heteroatoms. The summed E-state index contributed by atoms with van der Waals surface area (Å²) in [6, 6.07) is 6.99. The van der Waals surface area contributed by atoms with E-state index in [1.165, 1.54) is 0 Å². The van der Waals surface area contributed by atoms with Crippen molar-refractivity contribution >= 4 is 21.9 Å². The Labute approximate surface area is 79.0 Å². The van der Waals surface area contributed by atoms with Crippen molar-refractivity contribution < 1.29 is 9.53 Å². The summed E-state index contributed by atoms with van der Waals surface area (Å²) in [7, 11) is 0. The van der Waals surface area contributed by atoms with Gasteiger partial charge in [-0.05, 0) is 24.3 Å². The molecule has 0 aliphatic carbocycles. The summed E-state index contributed by atoms with van der Waals surface area (Å²) in [6.45, 7) is 3.29. The third-order valence-electron chi connectivity index (χ3n) is 1.20. The van der Waals surface area contributed by atoms with Crippen LogP contribution in [0.2, 0.25) is 0 Å². The Balaban J connectivity index is 2.71. The zero-order chi connectivity index (χ0) is 8.97. The third-order valence-corrected chi connectivity index (χ3v) is 1.73. The molecule has 0 aromatic heterocycles. The van der Waals surface area contributed by atoms with Gasteiger partial charge in [0.05, 0.1) is 0 Å². The molecule has 1 aromatic rings. The summed E-state index contributed by atoms with van der Waals surface area (Å²) >= 11 is 3.27. The predicted octanol–water partition coefficient (Wildman–Crippen LogP) is 2.54. The Morgan fingerprint density at radius 1 is 1.42 bits per heavy atom. The average Bonchev–Trinajstić information content (AvgIpc) is 2.09. The number of hydrogen-bond acceptors (Lipinski definition) is 2. The molecule has 0 saturated carbocycles. The number of carbonyl (C=O) groups excluding carboxylic acids is 1. The normalized spacial score (nSPS) is 9.08. The van der Waals surface area contributed by atoms with Crippen molar-refractivity contribution in [1.82, 2.24) is 0 Å². The quantitative estimate of drug-likeness (QED) is 0.441. The molecular weight excluding hydrogens is 220 g/mol. The van der Waals surface area contributed by atoms with Crippen molar-refractivity contribution in [2.45, 2.75) is 0 Å². The van der Waals surface area contributed by atoms with Crippen LogP contribution in [-0.4, -0.2) is 5.97 Å². The van der Waals surface area contributed by atoms with Gasteiger partial charge in [-0.25, -0.2) is 4.79 Å². The molecule has 0 aliphatic rings. The van der Waals surface area contributed by atoms with Gasteiger partial charge in [0, 0.05) is 10.5 Å². The minimum Gasteiger partial charge on any atom is -0.423 e. The molecule has 0 heterocycles. The molecule has 2 nitrogen and oxygen atoms in total. The predicted molar refractivity (Wildman–Crippen MR) is 50.0 cm³/mol. The molecule has 62 valence electrons. The standard InChI is InChI=1S/C9H7BrO2/c1-2-9(11)12-8-5-3-7(10)4-6-8/h2-6H,1H2. The van der Waals surface area contributed by atoms with E-state index in [0.717, 1.165) is 10.5 Å². The van der Waals surface area contributed by atoms with Gasteiger partial charge in [0.15, 0.2) is 0 Å². The van der Waals surface area contributed by atoms with Crippen LogP contribution in [0, 0.1) is 0 Å². The highest BCUT2D eigenvalue weighted by Gasteiger charge is 1.97.